The predicted octanol–water partition coefficient (Wildman–Crippen LogP) is 4.77. The monoisotopic (exact) mass is 499 g/mol. The summed E-state index contributed by atoms with van der Waals surface area (Å²) in [5, 5.41) is 0.957. The van der Waals surface area contributed by atoms with E-state index < -0.39 is 0 Å². The second kappa shape index (κ2) is 11.0. The van der Waals surface area contributed by atoms with Gasteiger partial charge in [0.05, 0.1) is 31.6 Å². The molecule has 188 valence electrons. The average Bonchev–Trinajstić information content (AvgIpc) is 3.32. The smallest absolute Gasteiger partial charge is 0.254 e. The van der Waals surface area contributed by atoms with Gasteiger partial charge in [0.1, 0.15) is 11.3 Å². The molecule has 2 aromatic carbocycles. The Hall–Kier alpha value is -3.20. The molecule has 0 N–H and O–H groups in total. The molecule has 9 heteroatoms. The SMILES string of the molecule is CCOc1cc(C(=O)N2CCN(c3nc4c(OC)ccc(C)c4s3)CC2)cc(OCC)c1OCC. The number of carbonyl (C=O) groups is 1. The Morgan fingerprint density at radius 2 is 1.57 bits per heavy atom. The molecular formula is C26H33N3O5S. The number of rotatable bonds is 9. The van der Waals surface area contributed by atoms with Gasteiger partial charge < -0.3 is 28.7 Å². The summed E-state index contributed by atoms with van der Waals surface area (Å²) in [5.74, 6) is 2.34. The maximum atomic E-state index is 13.4. The Kier molecular flexibility index (Phi) is 7.85. The minimum absolute atomic E-state index is 0.0450. The first-order valence-electron chi connectivity index (χ1n) is 12.0. The van der Waals surface area contributed by atoms with Crippen LogP contribution in [0.15, 0.2) is 24.3 Å². The van der Waals surface area contributed by atoms with Gasteiger partial charge in [0.15, 0.2) is 16.6 Å². The number of anilines is 1. The van der Waals surface area contributed by atoms with E-state index in [-0.39, 0.29) is 5.91 Å². The van der Waals surface area contributed by atoms with Gasteiger partial charge in [-0.25, -0.2) is 4.98 Å². The largest absolute Gasteiger partial charge is 0.494 e. The van der Waals surface area contributed by atoms with Gasteiger partial charge in [-0.3, -0.25) is 4.79 Å². The van der Waals surface area contributed by atoms with Crippen LogP contribution >= 0.6 is 11.3 Å². The highest BCUT2D eigenvalue weighted by Gasteiger charge is 2.27. The number of hydrogen-bond acceptors (Lipinski definition) is 8. The summed E-state index contributed by atoms with van der Waals surface area (Å²) in [7, 11) is 1.67. The van der Waals surface area contributed by atoms with Gasteiger partial charge >= 0.3 is 0 Å². The topological polar surface area (TPSA) is 73.4 Å². The van der Waals surface area contributed by atoms with Gasteiger partial charge in [-0.05, 0) is 51.5 Å². The lowest BCUT2D eigenvalue weighted by molar-refractivity contribution is 0.0745. The highest BCUT2D eigenvalue weighted by molar-refractivity contribution is 7.22. The van der Waals surface area contributed by atoms with Crippen LogP contribution in [0.5, 0.6) is 23.0 Å². The molecule has 1 aliphatic rings. The molecule has 3 aromatic rings. The number of ether oxygens (including phenoxy) is 4. The number of piperazine rings is 1. The lowest BCUT2D eigenvalue weighted by Gasteiger charge is -2.34. The standard InChI is InChI=1S/C26H33N3O5S/c1-6-32-20-15-18(16-21(33-7-2)23(20)34-8-3)25(30)28-11-13-29(14-12-28)26-27-22-19(31-5)10-9-17(4)24(22)35-26/h9-10,15-16H,6-8,11-14H2,1-5H3. The minimum atomic E-state index is -0.0450. The fourth-order valence-corrected chi connectivity index (χ4v) is 5.30. The summed E-state index contributed by atoms with van der Waals surface area (Å²) in [6, 6.07) is 7.54. The Morgan fingerprint density at radius 1 is 0.943 bits per heavy atom. The second-order valence-corrected chi connectivity index (χ2v) is 9.12. The normalized spacial score (nSPS) is 13.7. The Bertz CT molecular complexity index is 1160. The van der Waals surface area contributed by atoms with E-state index in [0.29, 0.717) is 68.8 Å². The lowest BCUT2D eigenvalue weighted by atomic mass is 10.1. The lowest BCUT2D eigenvalue weighted by Crippen LogP contribution is -2.48. The van der Waals surface area contributed by atoms with Gasteiger partial charge in [-0.15, -0.1) is 0 Å². The first-order chi connectivity index (χ1) is 17.0. The molecule has 0 aliphatic carbocycles. The molecule has 35 heavy (non-hydrogen) atoms. The van der Waals surface area contributed by atoms with E-state index in [0.717, 1.165) is 21.1 Å². The highest BCUT2D eigenvalue weighted by Crippen LogP contribution is 2.40. The molecule has 1 saturated heterocycles. The van der Waals surface area contributed by atoms with Crippen molar-refractivity contribution in [3.63, 3.8) is 0 Å². The van der Waals surface area contributed by atoms with Crippen LogP contribution in [0.25, 0.3) is 10.2 Å². The van der Waals surface area contributed by atoms with E-state index in [1.807, 2.05) is 31.7 Å². The van der Waals surface area contributed by atoms with Crippen molar-refractivity contribution in [1.82, 2.24) is 9.88 Å². The second-order valence-electron chi connectivity index (χ2n) is 8.14. The van der Waals surface area contributed by atoms with Crippen LogP contribution in [-0.2, 0) is 0 Å². The number of benzene rings is 2. The van der Waals surface area contributed by atoms with Crippen LogP contribution in [0.1, 0.15) is 36.7 Å². The number of carbonyl (C=O) groups excluding carboxylic acids is 1. The van der Waals surface area contributed by atoms with Crippen molar-refractivity contribution < 1.29 is 23.7 Å². The summed E-state index contributed by atoms with van der Waals surface area (Å²) in [4.78, 5) is 22.4. The van der Waals surface area contributed by atoms with Crippen LogP contribution in [0.2, 0.25) is 0 Å². The van der Waals surface area contributed by atoms with Gasteiger partial charge in [-0.1, -0.05) is 17.4 Å². The summed E-state index contributed by atoms with van der Waals surface area (Å²) < 4.78 is 24.0. The fraction of sp³-hybridized carbons (Fsp3) is 0.462. The van der Waals surface area contributed by atoms with Gasteiger partial charge in [0, 0.05) is 31.7 Å². The average molecular weight is 500 g/mol. The Labute approximate surface area is 210 Å². The van der Waals surface area contributed by atoms with E-state index in [1.165, 1.54) is 5.56 Å². The Balaban J connectivity index is 1.52. The van der Waals surface area contributed by atoms with Crippen LogP contribution in [0.3, 0.4) is 0 Å². The third-order valence-corrected chi connectivity index (χ3v) is 7.16. The van der Waals surface area contributed by atoms with Gasteiger partial charge in [0.25, 0.3) is 5.91 Å². The van der Waals surface area contributed by atoms with Gasteiger partial charge in [-0.2, -0.15) is 0 Å². The maximum Gasteiger partial charge on any atom is 0.254 e. The van der Waals surface area contributed by atoms with E-state index in [1.54, 1.807) is 30.6 Å². The zero-order valence-corrected chi connectivity index (χ0v) is 21.9. The number of aryl methyl sites for hydroxylation is 1. The molecule has 4 rings (SSSR count). The summed E-state index contributed by atoms with van der Waals surface area (Å²) in [6.07, 6.45) is 0. The molecule has 0 atom stereocenters. The van der Waals surface area contributed by atoms with Crippen LogP contribution in [0.4, 0.5) is 5.13 Å². The fourth-order valence-electron chi connectivity index (χ4n) is 4.19. The van der Waals surface area contributed by atoms with Crippen molar-refractivity contribution in [1.29, 1.82) is 0 Å². The molecule has 0 radical (unpaired) electrons. The first-order valence-corrected chi connectivity index (χ1v) is 12.9. The van der Waals surface area contributed by atoms with Crippen LogP contribution in [0, 0.1) is 6.92 Å². The number of thiazole rings is 1. The molecule has 2 heterocycles. The third-order valence-electron chi connectivity index (χ3n) is 5.91. The molecule has 0 spiro atoms. The summed E-state index contributed by atoms with van der Waals surface area (Å²) in [6.45, 7) is 11.8. The number of aromatic nitrogens is 1. The highest BCUT2D eigenvalue weighted by atomic mass is 32.1. The van der Waals surface area contributed by atoms with Crippen molar-refractivity contribution in [3.8, 4) is 23.0 Å². The van der Waals surface area contributed by atoms with E-state index in [9.17, 15) is 4.79 Å². The van der Waals surface area contributed by atoms with E-state index in [4.69, 9.17) is 23.9 Å². The molecular weight excluding hydrogens is 466 g/mol. The number of amides is 1. The molecule has 1 aromatic heterocycles. The van der Waals surface area contributed by atoms with Crippen molar-refractivity contribution >= 4 is 32.6 Å². The maximum absolute atomic E-state index is 13.4. The molecule has 1 aliphatic heterocycles. The van der Waals surface area contributed by atoms with Crippen molar-refractivity contribution in [3.05, 3.63) is 35.4 Å². The van der Waals surface area contributed by atoms with Crippen molar-refractivity contribution in [2.75, 3.05) is 58.0 Å². The number of hydrogen-bond donors (Lipinski definition) is 0. The number of nitrogens with zero attached hydrogens (tertiary/aromatic N) is 3. The zero-order valence-electron chi connectivity index (χ0n) is 21.1. The molecule has 8 nitrogen and oxygen atoms in total. The minimum Gasteiger partial charge on any atom is -0.494 e. The molecule has 1 amide bonds. The number of methoxy groups -OCH3 is 1. The summed E-state index contributed by atoms with van der Waals surface area (Å²) >= 11 is 1.67. The summed E-state index contributed by atoms with van der Waals surface area (Å²) in [5.41, 5.74) is 2.62. The molecule has 1 fully saturated rings. The molecule has 0 unspecified atom stereocenters. The Morgan fingerprint density at radius 3 is 2.14 bits per heavy atom. The van der Waals surface area contributed by atoms with Gasteiger partial charge in [0.2, 0.25) is 5.75 Å². The first kappa shape index (κ1) is 24.9. The predicted molar refractivity (Wildman–Crippen MR) is 139 cm³/mol. The quantitative estimate of drug-likeness (QED) is 0.420. The number of fused-ring (bicyclic) bond motifs is 1. The van der Waals surface area contributed by atoms with E-state index >= 15 is 0 Å². The third kappa shape index (κ3) is 5.10. The van der Waals surface area contributed by atoms with Crippen LogP contribution in [-0.4, -0.2) is 68.9 Å². The molecule has 0 saturated carbocycles. The van der Waals surface area contributed by atoms with Crippen molar-refractivity contribution in [2.45, 2.75) is 27.7 Å². The molecule has 0 bridgehead atoms. The van der Waals surface area contributed by atoms with E-state index in [2.05, 4.69) is 17.9 Å². The zero-order chi connectivity index (χ0) is 24.9. The van der Waals surface area contributed by atoms with Crippen molar-refractivity contribution in [2.24, 2.45) is 0 Å². The van der Waals surface area contributed by atoms with Crippen LogP contribution < -0.4 is 23.8 Å².